The summed E-state index contributed by atoms with van der Waals surface area (Å²) >= 11 is 0. The number of carbonyl (C=O) groups excluding carboxylic acids is 1. The van der Waals surface area contributed by atoms with Crippen LogP contribution in [0, 0.1) is 22.0 Å². The second-order valence-electron chi connectivity index (χ2n) is 7.03. The van der Waals surface area contributed by atoms with Crippen LogP contribution in [0.5, 0.6) is 0 Å². The van der Waals surface area contributed by atoms with Gasteiger partial charge >= 0.3 is 0 Å². The lowest BCUT2D eigenvalue weighted by Crippen LogP contribution is -2.43. The molecule has 0 radical (unpaired) electrons. The first-order chi connectivity index (χ1) is 12.1. The summed E-state index contributed by atoms with van der Waals surface area (Å²) < 4.78 is 0. The van der Waals surface area contributed by atoms with Crippen molar-refractivity contribution < 1.29 is 14.8 Å². The van der Waals surface area contributed by atoms with Gasteiger partial charge in [0.1, 0.15) is 0 Å². The highest BCUT2D eigenvalue weighted by atomic mass is 16.6. The minimum Gasteiger partial charge on any atom is -0.545 e. The number of nitrogens with one attached hydrogen (secondary N) is 1. The van der Waals surface area contributed by atoms with Gasteiger partial charge < -0.3 is 15.2 Å². The smallest absolute Gasteiger partial charge is 0.275 e. The largest absolute Gasteiger partial charge is 0.545 e. The molecule has 0 spiro atoms. The number of hydrogen-bond acceptors (Lipinski definition) is 5. The van der Waals surface area contributed by atoms with Crippen LogP contribution in [0.2, 0.25) is 0 Å². The maximum absolute atomic E-state index is 11.6. The maximum atomic E-state index is 11.6. The number of carbonyl (C=O) groups is 1. The normalized spacial score (nSPS) is 29.6. The number of fused-ring (bicyclic) bond motifs is 3. The van der Waals surface area contributed by atoms with Crippen molar-refractivity contribution in [1.82, 2.24) is 0 Å². The molecule has 130 valence electrons. The van der Waals surface area contributed by atoms with Crippen LogP contribution in [0.15, 0.2) is 36.4 Å². The number of rotatable bonds is 3. The molecule has 3 aliphatic rings. The number of nitro groups is 1. The fourth-order valence-corrected chi connectivity index (χ4v) is 4.67. The Labute approximate surface area is 145 Å². The molecule has 6 heteroatoms. The average molecular weight is 339 g/mol. The van der Waals surface area contributed by atoms with Gasteiger partial charge in [0, 0.05) is 23.6 Å². The molecule has 6 nitrogen and oxygen atoms in total. The van der Waals surface area contributed by atoms with E-state index in [2.05, 4.69) is 23.5 Å². The van der Waals surface area contributed by atoms with Crippen molar-refractivity contribution in [2.24, 2.45) is 11.8 Å². The van der Waals surface area contributed by atoms with E-state index in [-0.39, 0.29) is 29.1 Å². The van der Waals surface area contributed by atoms with Gasteiger partial charge in [0.15, 0.2) is 0 Å². The van der Waals surface area contributed by atoms with Gasteiger partial charge in [0.2, 0.25) is 0 Å². The molecule has 1 heterocycles. The molecule has 0 aromatic heterocycles. The molecule has 0 saturated carbocycles. The molecule has 0 fully saturated rings. The summed E-state index contributed by atoms with van der Waals surface area (Å²) in [6.45, 7) is 0. The Bertz CT molecular complexity index is 799. The third-order valence-corrected chi connectivity index (χ3v) is 5.78. The fourth-order valence-electron chi connectivity index (χ4n) is 4.67. The molecule has 2 aliphatic carbocycles. The fraction of sp³-hybridized carbons (Fsp3) is 0.421. The third kappa shape index (κ3) is 2.52. The molecule has 1 aromatic rings. The molecule has 25 heavy (non-hydrogen) atoms. The standard InChI is InChI=1S/C19H20N2O4/c22-19(23)14-9-10-15(21(24)25)16-12-7-4-8-13(12)17(20-18(14)16)11-5-2-1-3-6-11/h1-2,4,7,9-13,17,20H,3,5-6,8H2,(H,22,23)/p-1/t11-,12+,13-,17+/m0/s1. The first-order valence-electron chi connectivity index (χ1n) is 8.68. The summed E-state index contributed by atoms with van der Waals surface area (Å²) in [5.41, 5.74) is 0.862. The summed E-state index contributed by atoms with van der Waals surface area (Å²) in [5, 5.41) is 26.5. The Morgan fingerprint density at radius 3 is 2.72 bits per heavy atom. The van der Waals surface area contributed by atoms with E-state index in [9.17, 15) is 20.0 Å². The number of anilines is 1. The zero-order valence-corrected chi connectivity index (χ0v) is 13.7. The zero-order valence-electron chi connectivity index (χ0n) is 13.7. The van der Waals surface area contributed by atoms with Gasteiger partial charge in [-0.3, -0.25) is 10.1 Å². The van der Waals surface area contributed by atoms with E-state index in [0.717, 1.165) is 25.7 Å². The molecule has 0 unspecified atom stereocenters. The number of aromatic carboxylic acids is 1. The molecule has 4 atom stereocenters. The Morgan fingerprint density at radius 1 is 1.20 bits per heavy atom. The van der Waals surface area contributed by atoms with Crippen molar-refractivity contribution in [2.45, 2.75) is 37.6 Å². The summed E-state index contributed by atoms with van der Waals surface area (Å²) in [6.07, 6.45) is 12.3. The summed E-state index contributed by atoms with van der Waals surface area (Å²) in [7, 11) is 0. The van der Waals surface area contributed by atoms with Crippen LogP contribution in [-0.2, 0) is 0 Å². The molecule has 1 aromatic carbocycles. The van der Waals surface area contributed by atoms with Crippen LogP contribution < -0.4 is 10.4 Å². The molecule has 1 aliphatic heterocycles. The van der Waals surface area contributed by atoms with Crippen molar-refractivity contribution in [2.75, 3.05) is 5.32 Å². The third-order valence-electron chi connectivity index (χ3n) is 5.78. The maximum Gasteiger partial charge on any atom is 0.275 e. The second-order valence-corrected chi connectivity index (χ2v) is 7.03. The van der Waals surface area contributed by atoms with E-state index in [0.29, 0.717) is 17.2 Å². The van der Waals surface area contributed by atoms with Gasteiger partial charge in [-0.15, -0.1) is 0 Å². The lowest BCUT2D eigenvalue weighted by atomic mass is 9.71. The summed E-state index contributed by atoms with van der Waals surface area (Å²) in [6, 6.07) is 2.69. The van der Waals surface area contributed by atoms with Crippen LogP contribution in [0.4, 0.5) is 11.4 Å². The van der Waals surface area contributed by atoms with Gasteiger partial charge in [-0.05, 0) is 43.6 Å². The molecular formula is C19H19N2O4-. The zero-order chi connectivity index (χ0) is 17.6. The minimum atomic E-state index is -1.30. The van der Waals surface area contributed by atoms with Crippen LogP contribution in [0.25, 0.3) is 0 Å². The predicted octanol–water partition coefficient (Wildman–Crippen LogP) is 2.77. The van der Waals surface area contributed by atoms with Crippen LogP contribution in [0.1, 0.15) is 47.5 Å². The van der Waals surface area contributed by atoms with Crippen LogP contribution in [0.3, 0.4) is 0 Å². The van der Waals surface area contributed by atoms with E-state index in [4.69, 9.17) is 0 Å². The van der Waals surface area contributed by atoms with Crippen molar-refractivity contribution in [1.29, 1.82) is 0 Å². The highest BCUT2D eigenvalue weighted by Crippen LogP contribution is 2.51. The van der Waals surface area contributed by atoms with Gasteiger partial charge in [-0.1, -0.05) is 24.3 Å². The Balaban J connectivity index is 1.85. The SMILES string of the molecule is O=C([O-])c1ccc([N+](=O)[O-])c2c1N[C@H]([C@H]1CC=CCC1)[C@H]1CC=C[C@@H]21. The van der Waals surface area contributed by atoms with Crippen LogP contribution in [-0.4, -0.2) is 16.9 Å². The van der Waals surface area contributed by atoms with Crippen molar-refractivity contribution >= 4 is 17.3 Å². The average Bonchev–Trinajstić information content (AvgIpc) is 3.10. The number of allylic oxidation sites excluding steroid dienone is 4. The predicted molar refractivity (Wildman–Crippen MR) is 91.3 cm³/mol. The highest BCUT2D eigenvalue weighted by Gasteiger charge is 2.44. The van der Waals surface area contributed by atoms with E-state index < -0.39 is 10.9 Å². The van der Waals surface area contributed by atoms with E-state index in [1.54, 1.807) is 0 Å². The second kappa shape index (κ2) is 6.02. The van der Waals surface area contributed by atoms with E-state index in [1.165, 1.54) is 12.1 Å². The van der Waals surface area contributed by atoms with Gasteiger partial charge in [0.25, 0.3) is 5.69 Å². The van der Waals surface area contributed by atoms with Gasteiger partial charge in [-0.25, -0.2) is 0 Å². The summed E-state index contributed by atoms with van der Waals surface area (Å²) in [5.74, 6) is -0.799. The lowest BCUT2D eigenvalue weighted by Gasteiger charge is -2.42. The van der Waals surface area contributed by atoms with Gasteiger partial charge in [0.05, 0.1) is 22.1 Å². The highest BCUT2D eigenvalue weighted by molar-refractivity contribution is 5.95. The molecule has 0 amide bonds. The van der Waals surface area contributed by atoms with Gasteiger partial charge in [-0.2, -0.15) is 0 Å². The lowest BCUT2D eigenvalue weighted by molar-refractivity contribution is -0.385. The number of nitrogens with zero attached hydrogens (tertiary/aromatic N) is 1. The van der Waals surface area contributed by atoms with Crippen LogP contribution >= 0.6 is 0 Å². The molecule has 4 rings (SSSR count). The number of nitro benzene ring substituents is 1. The first kappa shape index (κ1) is 15.9. The Morgan fingerprint density at radius 2 is 2.04 bits per heavy atom. The van der Waals surface area contributed by atoms with E-state index >= 15 is 0 Å². The minimum absolute atomic E-state index is 0.00991. The van der Waals surface area contributed by atoms with Crippen molar-refractivity contribution in [3.05, 3.63) is 57.7 Å². The molecule has 0 bridgehead atoms. The quantitative estimate of drug-likeness (QED) is 0.519. The number of carboxylic acids is 1. The molecule has 0 saturated heterocycles. The van der Waals surface area contributed by atoms with Crippen molar-refractivity contribution in [3.8, 4) is 0 Å². The number of carboxylic acid groups (broad SMARTS) is 1. The molecular weight excluding hydrogens is 320 g/mol. The summed E-state index contributed by atoms with van der Waals surface area (Å²) in [4.78, 5) is 22.7. The Kier molecular flexibility index (Phi) is 3.82. The Hall–Kier alpha value is -2.63. The van der Waals surface area contributed by atoms with E-state index in [1.807, 2.05) is 6.08 Å². The topological polar surface area (TPSA) is 95.3 Å². The monoisotopic (exact) mass is 339 g/mol. The number of hydrogen-bond donors (Lipinski definition) is 1. The van der Waals surface area contributed by atoms with Crippen molar-refractivity contribution in [3.63, 3.8) is 0 Å². The first-order valence-corrected chi connectivity index (χ1v) is 8.68. The number of benzene rings is 1. The molecule has 1 N–H and O–H groups in total.